The molecule has 34 heavy (non-hydrogen) atoms. The molecule has 1 saturated heterocycles. The van der Waals surface area contributed by atoms with Gasteiger partial charge in [-0.15, -0.1) is 0 Å². The molecule has 2 atom stereocenters. The molecule has 2 N–H and O–H groups in total. The Kier molecular flexibility index (Phi) is 8.58. The average molecular weight is 503 g/mol. The summed E-state index contributed by atoms with van der Waals surface area (Å²) in [6.07, 6.45) is -4.36. The summed E-state index contributed by atoms with van der Waals surface area (Å²) >= 11 is 0. The molecule has 0 aromatic heterocycles. The maximum atomic E-state index is 13.2. The van der Waals surface area contributed by atoms with Gasteiger partial charge in [0.2, 0.25) is 10.0 Å². The maximum absolute atomic E-state index is 13.2. The van der Waals surface area contributed by atoms with Gasteiger partial charge in [-0.2, -0.15) is 17.5 Å². The molecule has 0 spiro atoms. The van der Waals surface area contributed by atoms with Gasteiger partial charge in [-0.25, -0.2) is 8.42 Å². The lowest BCUT2D eigenvalue weighted by Gasteiger charge is -2.31. The Hall–Kier alpha value is -2.18. The smallest absolute Gasteiger partial charge is 0.416 e. The quantitative estimate of drug-likeness (QED) is 0.519. The Balaban J connectivity index is 1.82. The summed E-state index contributed by atoms with van der Waals surface area (Å²) in [5.74, 6) is 0.0850. The predicted octanol–water partition coefficient (Wildman–Crippen LogP) is 2.65. The van der Waals surface area contributed by atoms with Crippen molar-refractivity contribution in [2.45, 2.75) is 30.5 Å². The molecule has 0 unspecified atom stereocenters. The van der Waals surface area contributed by atoms with E-state index in [-0.39, 0.29) is 18.8 Å². The first-order chi connectivity index (χ1) is 16.0. The first-order valence-electron chi connectivity index (χ1n) is 10.9. The highest BCUT2D eigenvalue weighted by Crippen LogP contribution is 2.31. The Labute approximate surface area is 197 Å². The van der Waals surface area contributed by atoms with Crippen LogP contribution in [0.5, 0.6) is 5.75 Å². The normalized spacial score (nSPS) is 18.4. The standard InChI is InChI=1S/C23H29F3N2O5S/c1-27(34(31,32)16-17-2-6-19(7-3-17)23(24,25)26)22(15-28-11-10-20(30)14-28)18-4-8-21(9-5-18)33-13-12-29/h2-9,20,22,29-30H,10-16H2,1H3/t20-,22+/m0/s1. The minimum absolute atomic E-state index is 0.132. The molecule has 7 nitrogen and oxygen atoms in total. The van der Waals surface area contributed by atoms with Crippen LogP contribution >= 0.6 is 0 Å². The molecule has 1 aliphatic heterocycles. The lowest BCUT2D eigenvalue weighted by Crippen LogP contribution is -2.39. The molecule has 1 aliphatic rings. The van der Waals surface area contributed by atoms with Crippen LogP contribution in [-0.2, 0) is 22.0 Å². The Morgan fingerprint density at radius 3 is 2.32 bits per heavy atom. The summed E-state index contributed by atoms with van der Waals surface area (Å²) in [5, 5.41) is 18.8. The lowest BCUT2D eigenvalue weighted by atomic mass is 10.1. The van der Waals surface area contributed by atoms with Gasteiger partial charge in [0.1, 0.15) is 12.4 Å². The number of sulfonamides is 1. The summed E-state index contributed by atoms with van der Waals surface area (Å²) in [7, 11) is -2.44. The van der Waals surface area contributed by atoms with Crippen LogP contribution in [-0.4, -0.2) is 73.8 Å². The first kappa shape index (κ1) is 26.4. The van der Waals surface area contributed by atoms with E-state index in [1.165, 1.54) is 23.5 Å². The first-order valence-corrected chi connectivity index (χ1v) is 12.5. The van der Waals surface area contributed by atoms with Crippen LogP contribution in [0, 0.1) is 0 Å². The van der Waals surface area contributed by atoms with Crippen molar-refractivity contribution >= 4 is 10.0 Å². The topological polar surface area (TPSA) is 90.3 Å². The second-order valence-corrected chi connectivity index (χ2v) is 10.4. The molecule has 1 fully saturated rings. The molecular weight excluding hydrogens is 473 g/mol. The van der Waals surface area contributed by atoms with E-state index in [2.05, 4.69) is 0 Å². The SMILES string of the molecule is CN([C@H](CN1CC[C@H](O)C1)c1ccc(OCCO)cc1)S(=O)(=O)Cc1ccc(C(F)(F)F)cc1. The largest absolute Gasteiger partial charge is 0.491 e. The van der Waals surface area contributed by atoms with Crippen molar-refractivity contribution in [1.82, 2.24) is 9.21 Å². The maximum Gasteiger partial charge on any atom is 0.416 e. The molecule has 0 aliphatic carbocycles. The number of hydrogen-bond donors (Lipinski definition) is 2. The molecule has 0 saturated carbocycles. The van der Waals surface area contributed by atoms with E-state index < -0.39 is 39.7 Å². The van der Waals surface area contributed by atoms with Crippen LogP contribution < -0.4 is 4.74 Å². The second-order valence-electron chi connectivity index (χ2n) is 8.33. The van der Waals surface area contributed by atoms with Gasteiger partial charge in [0.15, 0.2) is 0 Å². The van der Waals surface area contributed by atoms with E-state index in [0.717, 1.165) is 12.1 Å². The number of alkyl halides is 3. The van der Waals surface area contributed by atoms with Crippen LogP contribution in [0.25, 0.3) is 0 Å². The molecule has 1 heterocycles. The van der Waals surface area contributed by atoms with E-state index in [1.54, 1.807) is 24.3 Å². The number of β-amino-alcohol motifs (C(OH)–C–C–N with tert-alkyl or cyclic N) is 1. The predicted molar refractivity (Wildman–Crippen MR) is 121 cm³/mol. The van der Waals surface area contributed by atoms with E-state index in [0.29, 0.717) is 37.4 Å². The van der Waals surface area contributed by atoms with Gasteiger partial charge in [-0.1, -0.05) is 24.3 Å². The lowest BCUT2D eigenvalue weighted by molar-refractivity contribution is -0.137. The van der Waals surface area contributed by atoms with Crippen molar-refractivity contribution in [1.29, 1.82) is 0 Å². The molecule has 2 aromatic carbocycles. The van der Waals surface area contributed by atoms with Crippen LogP contribution in [0.3, 0.4) is 0 Å². The number of nitrogens with zero attached hydrogens (tertiary/aromatic N) is 2. The number of benzene rings is 2. The molecular formula is C23H29F3N2O5S. The van der Waals surface area contributed by atoms with Crippen LogP contribution in [0.4, 0.5) is 13.2 Å². The summed E-state index contributed by atoms with van der Waals surface area (Å²) < 4.78 is 71.5. The van der Waals surface area contributed by atoms with E-state index >= 15 is 0 Å². The van der Waals surface area contributed by atoms with Crippen LogP contribution in [0.1, 0.15) is 29.2 Å². The fraction of sp³-hybridized carbons (Fsp3) is 0.478. The third-order valence-corrected chi connectivity index (χ3v) is 7.64. The minimum atomic E-state index is -4.49. The summed E-state index contributed by atoms with van der Waals surface area (Å²) in [5.41, 5.74) is 0.121. The van der Waals surface area contributed by atoms with Gasteiger partial charge < -0.3 is 14.9 Å². The molecule has 3 rings (SSSR count). The molecule has 0 amide bonds. The van der Waals surface area contributed by atoms with Crippen LogP contribution in [0.2, 0.25) is 0 Å². The van der Waals surface area contributed by atoms with E-state index in [9.17, 15) is 26.7 Å². The molecule has 0 radical (unpaired) electrons. The number of halogens is 3. The number of hydrogen-bond acceptors (Lipinski definition) is 6. The third-order valence-electron chi connectivity index (χ3n) is 5.81. The van der Waals surface area contributed by atoms with Gasteiger partial charge >= 0.3 is 6.18 Å². The number of aliphatic hydroxyl groups excluding tert-OH is 2. The van der Waals surface area contributed by atoms with Crippen molar-refractivity contribution in [2.75, 3.05) is 39.9 Å². The number of likely N-dealkylation sites (N-methyl/N-ethyl adjacent to an activating group) is 1. The highest BCUT2D eigenvalue weighted by atomic mass is 32.2. The summed E-state index contributed by atoms with van der Waals surface area (Å²) in [6, 6.07) is 10.4. The zero-order valence-electron chi connectivity index (χ0n) is 18.8. The zero-order valence-corrected chi connectivity index (χ0v) is 19.6. The fourth-order valence-corrected chi connectivity index (χ4v) is 5.29. The monoisotopic (exact) mass is 502 g/mol. The van der Waals surface area contributed by atoms with Crippen molar-refractivity contribution in [2.24, 2.45) is 0 Å². The van der Waals surface area contributed by atoms with Crippen molar-refractivity contribution in [3.63, 3.8) is 0 Å². The Morgan fingerprint density at radius 1 is 1.15 bits per heavy atom. The molecule has 2 aromatic rings. The van der Waals surface area contributed by atoms with Crippen molar-refractivity contribution < 1.29 is 36.5 Å². The van der Waals surface area contributed by atoms with Gasteiger partial charge in [-0.3, -0.25) is 4.90 Å². The Bertz CT molecular complexity index is 1030. The van der Waals surface area contributed by atoms with Gasteiger partial charge in [0.05, 0.1) is 30.1 Å². The average Bonchev–Trinajstić information content (AvgIpc) is 3.20. The summed E-state index contributed by atoms with van der Waals surface area (Å²) in [4.78, 5) is 1.98. The zero-order chi connectivity index (χ0) is 24.9. The molecule has 0 bridgehead atoms. The van der Waals surface area contributed by atoms with Gasteiger partial charge in [-0.05, 0) is 41.8 Å². The summed E-state index contributed by atoms with van der Waals surface area (Å²) in [6.45, 7) is 1.40. The molecule has 188 valence electrons. The fourth-order valence-electron chi connectivity index (χ4n) is 3.90. The number of likely N-dealkylation sites (tertiary alicyclic amines) is 1. The van der Waals surface area contributed by atoms with E-state index in [1.807, 2.05) is 4.90 Å². The van der Waals surface area contributed by atoms with Gasteiger partial charge in [0.25, 0.3) is 0 Å². The number of ether oxygens (including phenoxy) is 1. The third kappa shape index (κ3) is 6.92. The van der Waals surface area contributed by atoms with Crippen molar-refractivity contribution in [3.05, 3.63) is 65.2 Å². The number of rotatable bonds is 10. The highest BCUT2D eigenvalue weighted by Gasteiger charge is 2.33. The molecule has 11 heteroatoms. The highest BCUT2D eigenvalue weighted by molar-refractivity contribution is 7.88. The van der Waals surface area contributed by atoms with E-state index in [4.69, 9.17) is 9.84 Å². The Morgan fingerprint density at radius 2 is 1.79 bits per heavy atom. The van der Waals surface area contributed by atoms with Crippen LogP contribution in [0.15, 0.2) is 48.5 Å². The minimum Gasteiger partial charge on any atom is -0.491 e. The van der Waals surface area contributed by atoms with Gasteiger partial charge in [0, 0.05) is 26.7 Å². The van der Waals surface area contributed by atoms with Crippen molar-refractivity contribution in [3.8, 4) is 5.75 Å². The number of aliphatic hydroxyl groups is 2. The second kappa shape index (κ2) is 11.0.